The molecule has 0 amide bonds. The number of carbonyl (C=O) groups is 1. The first-order chi connectivity index (χ1) is 10.7. The average Bonchev–Trinajstić information content (AvgIpc) is 2.54. The van der Waals surface area contributed by atoms with Crippen molar-refractivity contribution in [2.24, 2.45) is 11.1 Å². The van der Waals surface area contributed by atoms with Gasteiger partial charge in [-0.25, -0.2) is 0 Å². The van der Waals surface area contributed by atoms with E-state index in [0.717, 1.165) is 11.1 Å². The molecule has 0 aromatic heterocycles. The Morgan fingerprint density at radius 1 is 0.909 bits per heavy atom. The van der Waals surface area contributed by atoms with Crippen molar-refractivity contribution in [1.82, 2.24) is 0 Å². The number of carboxylic acid groups (broad SMARTS) is 1. The van der Waals surface area contributed by atoms with Crippen LogP contribution in [0.25, 0.3) is 0 Å². The van der Waals surface area contributed by atoms with Gasteiger partial charge in [0.05, 0.1) is 5.41 Å². The van der Waals surface area contributed by atoms with Gasteiger partial charge in [-0.1, -0.05) is 60.7 Å². The van der Waals surface area contributed by atoms with Crippen LogP contribution in [0.15, 0.2) is 60.7 Å². The van der Waals surface area contributed by atoms with Crippen LogP contribution in [0.4, 0.5) is 0 Å². The van der Waals surface area contributed by atoms with E-state index in [1.807, 2.05) is 60.7 Å². The van der Waals surface area contributed by atoms with Gasteiger partial charge in [0, 0.05) is 0 Å². The van der Waals surface area contributed by atoms with Crippen molar-refractivity contribution in [3.8, 4) is 0 Å². The minimum absolute atomic E-state index is 0.513. The Morgan fingerprint density at radius 3 is 1.73 bits per heavy atom. The molecule has 0 fully saturated rings. The van der Waals surface area contributed by atoms with E-state index in [4.69, 9.17) is 5.73 Å². The number of hydrogen-bond donors (Lipinski definition) is 2. The number of aliphatic carboxylic acids is 1. The first-order valence-electron chi connectivity index (χ1n) is 7.68. The third-order valence-electron chi connectivity index (χ3n) is 4.08. The molecule has 0 aliphatic rings. The normalized spacial score (nSPS) is 11.3. The maximum absolute atomic E-state index is 12.1. The Morgan fingerprint density at radius 2 is 1.36 bits per heavy atom. The number of carboxylic acids is 1. The molecule has 0 aliphatic carbocycles. The number of hydrogen-bond acceptors (Lipinski definition) is 2. The summed E-state index contributed by atoms with van der Waals surface area (Å²) in [7, 11) is 0. The van der Waals surface area contributed by atoms with Crippen molar-refractivity contribution in [1.29, 1.82) is 0 Å². The summed E-state index contributed by atoms with van der Waals surface area (Å²) in [4.78, 5) is 12.1. The van der Waals surface area contributed by atoms with Gasteiger partial charge in [-0.05, 0) is 43.4 Å². The molecule has 0 atom stereocenters. The molecular formula is C19H23NO2. The van der Waals surface area contributed by atoms with E-state index in [2.05, 4.69) is 0 Å². The molecule has 116 valence electrons. The van der Waals surface area contributed by atoms with Crippen molar-refractivity contribution in [2.45, 2.75) is 25.7 Å². The Bertz CT molecular complexity index is 539. The highest BCUT2D eigenvalue weighted by Crippen LogP contribution is 2.33. The van der Waals surface area contributed by atoms with Crippen LogP contribution in [0.3, 0.4) is 0 Å². The van der Waals surface area contributed by atoms with Crippen molar-refractivity contribution >= 4 is 5.97 Å². The Kier molecular flexibility index (Phi) is 5.73. The molecule has 2 rings (SSSR count). The van der Waals surface area contributed by atoms with E-state index in [0.29, 0.717) is 32.2 Å². The smallest absolute Gasteiger partial charge is 0.310 e. The van der Waals surface area contributed by atoms with E-state index in [-0.39, 0.29) is 0 Å². The molecule has 0 radical (unpaired) electrons. The molecule has 0 aliphatic heterocycles. The molecule has 0 bridgehead atoms. The fourth-order valence-corrected chi connectivity index (χ4v) is 2.91. The molecule has 0 unspecified atom stereocenters. The predicted molar refractivity (Wildman–Crippen MR) is 88.6 cm³/mol. The zero-order valence-electron chi connectivity index (χ0n) is 12.7. The van der Waals surface area contributed by atoms with Gasteiger partial charge in [-0.3, -0.25) is 4.79 Å². The molecule has 3 N–H and O–H groups in total. The fourth-order valence-electron chi connectivity index (χ4n) is 2.91. The quantitative estimate of drug-likeness (QED) is 0.786. The molecule has 0 saturated carbocycles. The zero-order valence-corrected chi connectivity index (χ0v) is 12.7. The van der Waals surface area contributed by atoms with Crippen LogP contribution in [0.5, 0.6) is 0 Å². The van der Waals surface area contributed by atoms with E-state index in [1.54, 1.807) is 0 Å². The van der Waals surface area contributed by atoms with Crippen molar-refractivity contribution in [3.63, 3.8) is 0 Å². The topological polar surface area (TPSA) is 63.3 Å². The van der Waals surface area contributed by atoms with Gasteiger partial charge in [0.2, 0.25) is 0 Å². The van der Waals surface area contributed by atoms with Gasteiger partial charge in [-0.15, -0.1) is 0 Å². The highest BCUT2D eigenvalue weighted by molar-refractivity contribution is 5.75. The van der Waals surface area contributed by atoms with Crippen LogP contribution >= 0.6 is 0 Å². The summed E-state index contributed by atoms with van der Waals surface area (Å²) < 4.78 is 0. The van der Waals surface area contributed by atoms with Crippen molar-refractivity contribution in [3.05, 3.63) is 71.8 Å². The molecule has 2 aromatic rings. The minimum Gasteiger partial charge on any atom is -0.481 e. The maximum Gasteiger partial charge on any atom is 0.310 e. The molecule has 0 saturated heterocycles. The van der Waals surface area contributed by atoms with E-state index in [1.165, 1.54) is 0 Å². The number of benzene rings is 2. The summed E-state index contributed by atoms with van der Waals surface area (Å²) in [5, 5.41) is 9.93. The summed E-state index contributed by atoms with van der Waals surface area (Å²) in [5.41, 5.74) is 6.93. The van der Waals surface area contributed by atoms with E-state index in [9.17, 15) is 9.90 Å². The van der Waals surface area contributed by atoms with Crippen LogP contribution in [-0.2, 0) is 17.6 Å². The largest absolute Gasteiger partial charge is 0.481 e. The molecule has 0 heterocycles. The highest BCUT2D eigenvalue weighted by atomic mass is 16.4. The molecule has 0 spiro atoms. The van der Waals surface area contributed by atoms with E-state index >= 15 is 0 Å². The van der Waals surface area contributed by atoms with Crippen LogP contribution in [0.1, 0.15) is 24.0 Å². The van der Waals surface area contributed by atoms with Gasteiger partial charge >= 0.3 is 5.97 Å². The third-order valence-corrected chi connectivity index (χ3v) is 4.08. The standard InChI is InChI=1S/C19H23NO2/c20-13-7-12-19(18(21)22,14-16-8-3-1-4-9-16)15-17-10-5-2-6-11-17/h1-6,8-11H,7,12-15,20H2,(H,21,22). The molecular weight excluding hydrogens is 274 g/mol. The van der Waals surface area contributed by atoms with Crippen molar-refractivity contribution in [2.75, 3.05) is 6.54 Å². The molecule has 2 aromatic carbocycles. The van der Waals surface area contributed by atoms with Gasteiger partial charge in [-0.2, -0.15) is 0 Å². The third kappa shape index (κ3) is 4.18. The molecule has 3 nitrogen and oxygen atoms in total. The molecule has 22 heavy (non-hydrogen) atoms. The Hall–Kier alpha value is -2.13. The zero-order chi connectivity index (χ0) is 15.8. The van der Waals surface area contributed by atoms with Gasteiger partial charge < -0.3 is 10.8 Å². The molecule has 3 heteroatoms. The predicted octanol–water partition coefficient (Wildman–Crippen LogP) is 3.28. The highest BCUT2D eigenvalue weighted by Gasteiger charge is 2.38. The summed E-state index contributed by atoms with van der Waals surface area (Å²) in [6, 6.07) is 19.7. The SMILES string of the molecule is NCCCC(Cc1ccccc1)(Cc1ccccc1)C(=O)O. The fraction of sp³-hybridized carbons (Fsp3) is 0.316. The average molecular weight is 297 g/mol. The summed E-state index contributed by atoms with van der Waals surface area (Å²) in [5.74, 6) is -0.742. The second kappa shape index (κ2) is 7.76. The summed E-state index contributed by atoms with van der Waals surface area (Å²) >= 11 is 0. The van der Waals surface area contributed by atoms with Crippen LogP contribution in [0.2, 0.25) is 0 Å². The monoisotopic (exact) mass is 297 g/mol. The lowest BCUT2D eigenvalue weighted by Crippen LogP contribution is -2.36. The first kappa shape index (κ1) is 16.2. The second-order valence-electron chi connectivity index (χ2n) is 5.80. The summed E-state index contributed by atoms with van der Waals surface area (Å²) in [6.45, 7) is 0.513. The Labute approximate surface area is 131 Å². The maximum atomic E-state index is 12.1. The number of rotatable bonds is 8. The van der Waals surface area contributed by atoms with Gasteiger partial charge in [0.25, 0.3) is 0 Å². The lowest BCUT2D eigenvalue weighted by molar-refractivity contribution is -0.149. The summed E-state index contributed by atoms with van der Waals surface area (Å²) in [6.07, 6.45) is 2.35. The minimum atomic E-state index is -0.803. The van der Waals surface area contributed by atoms with Crippen LogP contribution < -0.4 is 5.73 Å². The second-order valence-corrected chi connectivity index (χ2v) is 5.80. The number of nitrogens with two attached hydrogens (primary N) is 1. The lowest BCUT2D eigenvalue weighted by atomic mass is 9.73. The van der Waals surface area contributed by atoms with Crippen molar-refractivity contribution < 1.29 is 9.90 Å². The van der Waals surface area contributed by atoms with Crippen LogP contribution in [-0.4, -0.2) is 17.6 Å². The van der Waals surface area contributed by atoms with Gasteiger partial charge in [0.1, 0.15) is 0 Å². The van der Waals surface area contributed by atoms with Gasteiger partial charge in [0.15, 0.2) is 0 Å². The lowest BCUT2D eigenvalue weighted by Gasteiger charge is -2.30. The Balaban J connectivity index is 2.30. The van der Waals surface area contributed by atoms with E-state index < -0.39 is 11.4 Å². The first-order valence-corrected chi connectivity index (χ1v) is 7.68. The van der Waals surface area contributed by atoms with Crippen LogP contribution in [0, 0.1) is 5.41 Å².